The van der Waals surface area contributed by atoms with Gasteiger partial charge in [-0.2, -0.15) is 0 Å². The number of nitrogens with one attached hydrogen (secondary N) is 1. The molecule has 2 aromatic carbocycles. The average Bonchev–Trinajstić information content (AvgIpc) is 2.68. The number of carboxylic acids is 1. The Labute approximate surface area is 157 Å². The second-order valence-corrected chi connectivity index (χ2v) is 8.07. The van der Waals surface area contributed by atoms with Crippen molar-refractivity contribution in [2.45, 2.75) is 23.8 Å². The number of rotatable bonds is 5. The number of carbonyl (C=O) groups excluding carboxylic acids is 1. The lowest BCUT2D eigenvalue weighted by molar-refractivity contribution is 0.0661. The van der Waals surface area contributed by atoms with Crippen LogP contribution >= 0.6 is 0 Å². The van der Waals surface area contributed by atoms with E-state index in [1.165, 1.54) is 24.3 Å². The van der Waals surface area contributed by atoms with E-state index in [1.807, 2.05) is 0 Å². The van der Waals surface area contributed by atoms with Gasteiger partial charge in [0, 0.05) is 19.1 Å². The van der Waals surface area contributed by atoms with Gasteiger partial charge in [0.2, 0.25) is 10.0 Å². The molecule has 0 atom stereocenters. The SMILES string of the molecule is O=C(O)c1ccccc1C(=O)N1CCC(NS(=O)(=O)c2ccccc2)CC1. The van der Waals surface area contributed by atoms with Crippen LogP contribution in [0.1, 0.15) is 33.6 Å². The van der Waals surface area contributed by atoms with Crippen molar-refractivity contribution >= 4 is 21.9 Å². The largest absolute Gasteiger partial charge is 0.478 e. The van der Waals surface area contributed by atoms with Gasteiger partial charge in [0.15, 0.2) is 0 Å². The number of carbonyl (C=O) groups is 2. The van der Waals surface area contributed by atoms with E-state index in [4.69, 9.17) is 0 Å². The molecule has 3 rings (SSSR count). The molecule has 0 aliphatic carbocycles. The number of aromatic carboxylic acids is 1. The molecule has 0 saturated carbocycles. The Morgan fingerprint density at radius 1 is 0.926 bits per heavy atom. The summed E-state index contributed by atoms with van der Waals surface area (Å²) in [6.45, 7) is 0.712. The van der Waals surface area contributed by atoms with Crippen molar-refractivity contribution in [3.05, 3.63) is 65.7 Å². The molecule has 1 amide bonds. The van der Waals surface area contributed by atoms with E-state index >= 15 is 0 Å². The Morgan fingerprint density at radius 2 is 1.48 bits per heavy atom. The van der Waals surface area contributed by atoms with E-state index in [9.17, 15) is 23.1 Å². The van der Waals surface area contributed by atoms with Gasteiger partial charge in [0.25, 0.3) is 5.91 Å². The first-order chi connectivity index (χ1) is 12.9. The molecule has 1 fully saturated rings. The maximum Gasteiger partial charge on any atom is 0.336 e. The van der Waals surface area contributed by atoms with Gasteiger partial charge in [-0.3, -0.25) is 4.79 Å². The molecule has 1 heterocycles. The second kappa shape index (κ2) is 7.89. The van der Waals surface area contributed by atoms with Crippen molar-refractivity contribution in [3.63, 3.8) is 0 Å². The van der Waals surface area contributed by atoms with Crippen molar-refractivity contribution in [1.82, 2.24) is 9.62 Å². The third kappa shape index (κ3) is 4.35. The monoisotopic (exact) mass is 388 g/mol. The Morgan fingerprint density at radius 3 is 2.07 bits per heavy atom. The molecule has 27 heavy (non-hydrogen) atoms. The van der Waals surface area contributed by atoms with Gasteiger partial charge in [-0.25, -0.2) is 17.9 Å². The first kappa shape index (κ1) is 19.1. The van der Waals surface area contributed by atoms with Crippen molar-refractivity contribution in [1.29, 1.82) is 0 Å². The van der Waals surface area contributed by atoms with Crippen LogP contribution in [0.5, 0.6) is 0 Å². The lowest BCUT2D eigenvalue weighted by atomic mass is 10.0. The summed E-state index contributed by atoms with van der Waals surface area (Å²) in [4.78, 5) is 25.7. The van der Waals surface area contributed by atoms with Crippen molar-refractivity contribution in [2.24, 2.45) is 0 Å². The molecular formula is C19H20N2O5S. The van der Waals surface area contributed by atoms with E-state index in [0.717, 1.165) is 0 Å². The maximum atomic E-state index is 12.7. The molecule has 0 bridgehead atoms. The molecule has 0 unspecified atom stereocenters. The highest BCUT2D eigenvalue weighted by Crippen LogP contribution is 2.18. The van der Waals surface area contributed by atoms with Crippen LogP contribution in [0.3, 0.4) is 0 Å². The smallest absolute Gasteiger partial charge is 0.336 e. The van der Waals surface area contributed by atoms with Crippen LogP contribution in [0.25, 0.3) is 0 Å². The average molecular weight is 388 g/mol. The predicted molar refractivity (Wildman–Crippen MR) is 99.1 cm³/mol. The van der Waals surface area contributed by atoms with E-state index in [-0.39, 0.29) is 28.0 Å². The zero-order valence-corrected chi connectivity index (χ0v) is 15.4. The first-order valence-electron chi connectivity index (χ1n) is 8.57. The Hall–Kier alpha value is -2.71. The molecule has 8 heteroatoms. The maximum absolute atomic E-state index is 12.7. The minimum atomic E-state index is -3.60. The van der Waals surface area contributed by atoms with Crippen molar-refractivity contribution < 1.29 is 23.1 Å². The molecule has 2 aromatic rings. The standard InChI is InChI=1S/C19H20N2O5S/c22-18(16-8-4-5-9-17(16)19(23)24)21-12-10-14(11-13-21)20-27(25,26)15-6-2-1-3-7-15/h1-9,14,20H,10-13H2,(H,23,24). The van der Waals surface area contributed by atoms with Gasteiger partial charge in [-0.1, -0.05) is 30.3 Å². The molecule has 2 N–H and O–H groups in total. The lowest BCUT2D eigenvalue weighted by Crippen LogP contribution is -2.46. The molecule has 0 radical (unpaired) electrons. The summed E-state index contributed by atoms with van der Waals surface area (Å²) >= 11 is 0. The third-order valence-electron chi connectivity index (χ3n) is 4.55. The fourth-order valence-electron chi connectivity index (χ4n) is 3.11. The summed E-state index contributed by atoms with van der Waals surface area (Å²) in [5.74, 6) is -1.50. The topological polar surface area (TPSA) is 104 Å². The van der Waals surface area contributed by atoms with Crippen LogP contribution in [0.15, 0.2) is 59.5 Å². The number of hydrogen-bond acceptors (Lipinski definition) is 4. The number of likely N-dealkylation sites (tertiary alicyclic amines) is 1. The minimum Gasteiger partial charge on any atom is -0.478 e. The highest BCUT2D eigenvalue weighted by molar-refractivity contribution is 7.89. The second-order valence-electron chi connectivity index (χ2n) is 6.35. The molecular weight excluding hydrogens is 368 g/mol. The van der Waals surface area contributed by atoms with Gasteiger partial charge in [0.1, 0.15) is 0 Å². The number of nitrogens with zero attached hydrogens (tertiary/aromatic N) is 1. The zero-order valence-electron chi connectivity index (χ0n) is 14.5. The summed E-state index contributed by atoms with van der Waals surface area (Å²) in [6.07, 6.45) is 0.931. The number of sulfonamides is 1. The fourth-order valence-corrected chi connectivity index (χ4v) is 4.44. The van der Waals surface area contributed by atoms with Crippen LogP contribution in [0.2, 0.25) is 0 Å². The summed E-state index contributed by atoms with van der Waals surface area (Å²) in [5, 5.41) is 9.24. The van der Waals surface area contributed by atoms with Gasteiger partial charge < -0.3 is 10.0 Å². The van der Waals surface area contributed by atoms with E-state index < -0.39 is 16.0 Å². The van der Waals surface area contributed by atoms with Gasteiger partial charge >= 0.3 is 5.97 Å². The van der Waals surface area contributed by atoms with Crippen molar-refractivity contribution in [2.75, 3.05) is 13.1 Å². The number of benzene rings is 2. The molecule has 0 aromatic heterocycles. The quantitative estimate of drug-likeness (QED) is 0.815. The third-order valence-corrected chi connectivity index (χ3v) is 6.08. The van der Waals surface area contributed by atoms with Gasteiger partial charge in [-0.15, -0.1) is 0 Å². The van der Waals surface area contributed by atoms with Crippen LogP contribution in [-0.2, 0) is 10.0 Å². The van der Waals surface area contributed by atoms with Crippen LogP contribution in [0, 0.1) is 0 Å². The number of amides is 1. The predicted octanol–water partition coefficient (Wildman–Crippen LogP) is 1.97. The highest BCUT2D eigenvalue weighted by atomic mass is 32.2. The summed E-state index contributed by atoms with van der Waals surface area (Å²) in [5.41, 5.74) is 0.114. The molecule has 1 aliphatic rings. The molecule has 1 aliphatic heterocycles. The first-order valence-corrected chi connectivity index (χ1v) is 10.1. The summed E-state index contributed by atoms with van der Waals surface area (Å²) in [6, 6.07) is 14.0. The Balaban J connectivity index is 1.64. The minimum absolute atomic E-state index is 0.0330. The van der Waals surface area contributed by atoms with E-state index in [1.54, 1.807) is 35.2 Å². The van der Waals surface area contributed by atoms with Crippen LogP contribution in [0.4, 0.5) is 0 Å². The van der Waals surface area contributed by atoms with Gasteiger partial charge in [-0.05, 0) is 37.1 Å². The van der Waals surface area contributed by atoms with Crippen LogP contribution < -0.4 is 4.72 Å². The van der Waals surface area contributed by atoms with E-state index in [0.29, 0.717) is 25.9 Å². The summed E-state index contributed by atoms with van der Waals surface area (Å²) in [7, 11) is -3.60. The van der Waals surface area contributed by atoms with Gasteiger partial charge in [0.05, 0.1) is 16.0 Å². The molecule has 1 saturated heterocycles. The molecule has 0 spiro atoms. The van der Waals surface area contributed by atoms with Crippen molar-refractivity contribution in [3.8, 4) is 0 Å². The Bertz CT molecular complexity index is 936. The van der Waals surface area contributed by atoms with E-state index in [2.05, 4.69) is 4.72 Å². The Kier molecular flexibility index (Phi) is 5.57. The fraction of sp³-hybridized carbons (Fsp3) is 0.263. The molecule has 142 valence electrons. The molecule has 7 nitrogen and oxygen atoms in total. The lowest BCUT2D eigenvalue weighted by Gasteiger charge is -2.32. The number of piperidine rings is 1. The van der Waals surface area contributed by atoms with Crippen LogP contribution in [-0.4, -0.2) is 49.4 Å². The number of carboxylic acid groups (broad SMARTS) is 1. The zero-order chi connectivity index (χ0) is 19.4. The number of hydrogen-bond donors (Lipinski definition) is 2. The normalized spacial score (nSPS) is 15.5. The highest BCUT2D eigenvalue weighted by Gasteiger charge is 2.28. The summed E-state index contributed by atoms with van der Waals surface area (Å²) < 4.78 is 27.5.